The third-order valence-corrected chi connectivity index (χ3v) is 6.37. The van der Waals surface area contributed by atoms with Crippen LogP contribution in [-0.4, -0.2) is 31.7 Å². The standard InChI is InChI=1S/C25H21FN4O.C2HF3O2/c1-2-30-21-13-18(16-9-11-27-24-17(16)10-12-28-24)19(26)14-20(21)29-25(30)23-8-7-15-5-3-4-6-22(15)31-23;3-2(4,5)1(6)7/h3-6,9-14,23H,2,7-8H2,1H3,(H,27,28);(H,6,7)/p-1. The molecule has 1 unspecified atom stereocenters. The van der Waals surface area contributed by atoms with Crippen molar-refractivity contribution >= 4 is 28.0 Å². The molecule has 7 nitrogen and oxygen atoms in total. The number of nitrogens with one attached hydrogen (secondary N) is 1. The summed E-state index contributed by atoms with van der Waals surface area (Å²) in [4.78, 5) is 21.0. The molecule has 0 saturated carbocycles. The molecule has 4 heterocycles. The van der Waals surface area contributed by atoms with E-state index in [-0.39, 0.29) is 11.9 Å². The van der Waals surface area contributed by atoms with Crippen molar-refractivity contribution in [2.45, 2.75) is 38.6 Å². The minimum Gasteiger partial charge on any atom is -0.542 e. The minimum absolute atomic E-state index is 0.147. The average molecular weight is 525 g/mol. The zero-order chi connectivity index (χ0) is 27.0. The third kappa shape index (κ3) is 4.67. The van der Waals surface area contributed by atoms with Gasteiger partial charge in [-0.2, -0.15) is 13.2 Å². The first-order valence-electron chi connectivity index (χ1n) is 11.8. The van der Waals surface area contributed by atoms with Gasteiger partial charge >= 0.3 is 6.18 Å². The number of carbonyl (C=O) groups excluding carboxylic acids is 1. The lowest BCUT2D eigenvalue weighted by Gasteiger charge is -2.26. The van der Waals surface area contributed by atoms with Crippen molar-refractivity contribution in [1.29, 1.82) is 0 Å². The number of aromatic amines is 1. The number of carbonyl (C=O) groups is 1. The molecule has 6 rings (SSSR count). The maximum absolute atomic E-state index is 15.2. The molecule has 0 aliphatic carbocycles. The van der Waals surface area contributed by atoms with E-state index in [1.807, 2.05) is 42.6 Å². The maximum atomic E-state index is 15.2. The molecule has 2 aromatic carbocycles. The van der Waals surface area contributed by atoms with Gasteiger partial charge in [0, 0.05) is 36.0 Å². The summed E-state index contributed by atoms with van der Waals surface area (Å²) in [5.74, 6) is -1.53. The predicted molar refractivity (Wildman–Crippen MR) is 130 cm³/mol. The summed E-state index contributed by atoms with van der Waals surface area (Å²) in [5.41, 5.74) is 4.90. The molecule has 3 aromatic heterocycles. The molecule has 1 aliphatic rings. The highest BCUT2D eigenvalue weighted by molar-refractivity contribution is 5.95. The summed E-state index contributed by atoms with van der Waals surface area (Å²) in [6, 6.07) is 15.4. The van der Waals surface area contributed by atoms with E-state index in [4.69, 9.17) is 19.6 Å². The molecule has 0 fully saturated rings. The number of ether oxygens (including phenoxy) is 1. The summed E-state index contributed by atoms with van der Waals surface area (Å²) < 4.78 is 55.2. The first-order chi connectivity index (χ1) is 18.2. The molecule has 0 spiro atoms. The SMILES string of the molecule is CCn1c(C2CCc3ccccc3O2)nc2cc(F)c(-c3ccnc4[nH]ccc34)cc21.O=C([O-])C(F)(F)F. The van der Waals surface area contributed by atoms with Crippen molar-refractivity contribution in [2.75, 3.05) is 0 Å². The molecule has 1 atom stereocenters. The lowest BCUT2D eigenvalue weighted by molar-refractivity contribution is -0.344. The molecular formula is C27H21F4N4O3-. The van der Waals surface area contributed by atoms with E-state index in [0.29, 0.717) is 11.1 Å². The van der Waals surface area contributed by atoms with Crippen LogP contribution in [0.5, 0.6) is 5.75 Å². The van der Waals surface area contributed by atoms with Crippen molar-refractivity contribution in [3.8, 4) is 16.9 Å². The van der Waals surface area contributed by atoms with Gasteiger partial charge in [-0.05, 0) is 55.2 Å². The predicted octanol–water partition coefficient (Wildman–Crippen LogP) is 5.10. The van der Waals surface area contributed by atoms with Crippen LogP contribution in [-0.2, 0) is 17.8 Å². The zero-order valence-electron chi connectivity index (χ0n) is 20.1. The Hall–Kier alpha value is -4.41. The van der Waals surface area contributed by atoms with Gasteiger partial charge in [-0.1, -0.05) is 18.2 Å². The van der Waals surface area contributed by atoms with Crippen LogP contribution in [0.15, 0.2) is 60.9 Å². The number of pyridine rings is 1. The molecule has 196 valence electrons. The van der Waals surface area contributed by atoms with Gasteiger partial charge in [0.05, 0.1) is 11.0 Å². The van der Waals surface area contributed by atoms with Crippen LogP contribution in [0.4, 0.5) is 17.6 Å². The molecule has 0 bridgehead atoms. The van der Waals surface area contributed by atoms with Crippen LogP contribution < -0.4 is 9.84 Å². The Morgan fingerprint density at radius 2 is 1.95 bits per heavy atom. The second kappa shape index (κ2) is 9.81. The number of alkyl halides is 3. The summed E-state index contributed by atoms with van der Waals surface area (Å²) in [6.45, 7) is 2.82. The van der Waals surface area contributed by atoms with E-state index in [1.165, 1.54) is 11.6 Å². The number of H-pyrrole nitrogens is 1. The monoisotopic (exact) mass is 525 g/mol. The fraction of sp³-hybridized carbons (Fsp3) is 0.222. The van der Waals surface area contributed by atoms with E-state index in [9.17, 15) is 13.2 Å². The summed E-state index contributed by atoms with van der Waals surface area (Å²) in [5, 5.41) is 9.68. The van der Waals surface area contributed by atoms with Gasteiger partial charge in [-0.25, -0.2) is 14.4 Å². The van der Waals surface area contributed by atoms with Crippen LogP contribution in [0.2, 0.25) is 0 Å². The number of hydrogen-bond donors (Lipinski definition) is 1. The van der Waals surface area contributed by atoms with Gasteiger partial charge < -0.3 is 24.2 Å². The molecule has 1 N–H and O–H groups in total. The third-order valence-electron chi connectivity index (χ3n) is 6.37. The lowest BCUT2D eigenvalue weighted by Crippen LogP contribution is -2.37. The Kier molecular flexibility index (Phi) is 6.52. The molecule has 38 heavy (non-hydrogen) atoms. The van der Waals surface area contributed by atoms with Gasteiger partial charge in [0.1, 0.15) is 23.2 Å². The Morgan fingerprint density at radius 1 is 1.18 bits per heavy atom. The van der Waals surface area contributed by atoms with Crippen molar-refractivity contribution in [2.24, 2.45) is 0 Å². The number of halogens is 4. The minimum atomic E-state index is -5.19. The van der Waals surface area contributed by atoms with Crippen LogP contribution in [0, 0.1) is 5.82 Å². The fourth-order valence-electron chi connectivity index (χ4n) is 4.65. The second-order valence-corrected chi connectivity index (χ2v) is 8.67. The normalized spacial score (nSPS) is 15.0. The average Bonchev–Trinajstić information content (AvgIpc) is 3.52. The molecule has 5 aromatic rings. The van der Waals surface area contributed by atoms with Gasteiger partial charge in [-0.15, -0.1) is 0 Å². The highest BCUT2D eigenvalue weighted by Gasteiger charge is 2.29. The van der Waals surface area contributed by atoms with Crippen LogP contribution >= 0.6 is 0 Å². The van der Waals surface area contributed by atoms with E-state index in [2.05, 4.69) is 27.5 Å². The summed E-state index contributed by atoms with van der Waals surface area (Å²) in [6.07, 6.45) is -0.0244. The van der Waals surface area contributed by atoms with E-state index >= 15 is 4.39 Å². The number of benzene rings is 2. The molecule has 0 saturated heterocycles. The van der Waals surface area contributed by atoms with Gasteiger partial charge in [0.25, 0.3) is 0 Å². The zero-order valence-corrected chi connectivity index (χ0v) is 20.1. The second-order valence-electron chi connectivity index (χ2n) is 8.67. The first-order valence-corrected chi connectivity index (χ1v) is 11.8. The Labute approximate surface area is 213 Å². The molecule has 0 amide bonds. The Morgan fingerprint density at radius 3 is 2.68 bits per heavy atom. The summed E-state index contributed by atoms with van der Waals surface area (Å²) in [7, 11) is 0. The molecular weight excluding hydrogens is 504 g/mol. The van der Waals surface area contributed by atoms with Crippen molar-refractivity contribution in [3.63, 3.8) is 0 Å². The van der Waals surface area contributed by atoms with E-state index in [0.717, 1.165) is 53.1 Å². The largest absolute Gasteiger partial charge is 0.542 e. The van der Waals surface area contributed by atoms with Crippen molar-refractivity contribution < 1.29 is 32.2 Å². The number of hydrogen-bond acceptors (Lipinski definition) is 5. The highest BCUT2D eigenvalue weighted by Crippen LogP contribution is 2.37. The number of rotatable bonds is 3. The van der Waals surface area contributed by atoms with Crippen LogP contribution in [0.25, 0.3) is 33.2 Å². The highest BCUT2D eigenvalue weighted by atomic mass is 19.4. The number of carboxylic acid groups (broad SMARTS) is 1. The van der Waals surface area contributed by atoms with E-state index < -0.39 is 12.1 Å². The van der Waals surface area contributed by atoms with Crippen molar-refractivity contribution in [1.82, 2.24) is 19.5 Å². The number of fused-ring (bicyclic) bond motifs is 3. The maximum Gasteiger partial charge on any atom is 0.430 e. The van der Waals surface area contributed by atoms with Gasteiger partial charge in [0.15, 0.2) is 11.9 Å². The van der Waals surface area contributed by atoms with Crippen LogP contribution in [0.3, 0.4) is 0 Å². The lowest BCUT2D eigenvalue weighted by atomic mass is 10.0. The number of carboxylic acids is 1. The number of aryl methyl sites for hydroxylation is 2. The first kappa shape index (κ1) is 25.2. The molecule has 0 radical (unpaired) electrons. The molecule has 11 heteroatoms. The fourth-order valence-corrected chi connectivity index (χ4v) is 4.65. The molecule has 1 aliphatic heterocycles. The van der Waals surface area contributed by atoms with Crippen molar-refractivity contribution in [3.05, 3.63) is 78.1 Å². The topological polar surface area (TPSA) is 95.9 Å². The summed E-state index contributed by atoms with van der Waals surface area (Å²) >= 11 is 0. The van der Waals surface area contributed by atoms with Gasteiger partial charge in [0.2, 0.25) is 0 Å². The number of imidazole rings is 1. The number of aromatic nitrogens is 4. The Balaban J connectivity index is 0.000000374. The van der Waals surface area contributed by atoms with Crippen LogP contribution in [0.1, 0.15) is 30.8 Å². The smallest absolute Gasteiger partial charge is 0.430 e. The number of aliphatic carboxylic acids is 1. The number of para-hydroxylation sites is 1. The Bertz CT molecular complexity index is 1640. The van der Waals surface area contributed by atoms with Gasteiger partial charge in [-0.3, -0.25) is 0 Å². The number of nitrogens with zero attached hydrogens (tertiary/aromatic N) is 3. The van der Waals surface area contributed by atoms with E-state index in [1.54, 1.807) is 6.20 Å². The quantitative estimate of drug-likeness (QED) is 0.331.